The normalized spacial score (nSPS) is 13.4. The molecule has 5 rings (SSSR count). The minimum atomic E-state index is -0.407. The number of furan rings is 1. The Balaban J connectivity index is 1.13. The first-order valence-electron chi connectivity index (χ1n) is 12.6. The fraction of sp³-hybridized carbons (Fsp3) is 0.267. The third-order valence-electron chi connectivity index (χ3n) is 6.73. The number of carbonyl (C=O) groups excluding carboxylic acids is 1. The molecule has 1 amide bonds. The van der Waals surface area contributed by atoms with Crippen molar-refractivity contribution in [3.8, 4) is 11.4 Å². The van der Waals surface area contributed by atoms with Crippen LogP contribution in [-0.2, 0) is 6.61 Å². The van der Waals surface area contributed by atoms with Crippen molar-refractivity contribution in [3.63, 3.8) is 0 Å². The quantitative estimate of drug-likeness (QED) is 0.242. The largest absolute Gasteiger partial charge is 0.486 e. The molecule has 37 heavy (non-hydrogen) atoms. The molecule has 7 heteroatoms. The third kappa shape index (κ3) is 5.61. The number of rotatable bonds is 8. The first-order valence-corrected chi connectivity index (χ1v) is 12.6. The highest BCUT2D eigenvalue weighted by atomic mass is 16.5. The molecule has 1 N–H and O–H groups in total. The van der Waals surface area contributed by atoms with Gasteiger partial charge in [-0.15, -0.1) is 0 Å². The van der Waals surface area contributed by atoms with E-state index in [9.17, 15) is 4.79 Å². The topological polar surface area (TPSA) is 72.0 Å². The summed E-state index contributed by atoms with van der Waals surface area (Å²) in [6.07, 6.45) is 4.15. The van der Waals surface area contributed by atoms with Gasteiger partial charge in [0.15, 0.2) is 5.76 Å². The standard InChI is InChI=1S/C30H32N4O3/c1-21-18-26(33-16-4-5-17-33)9-8-24(21)19-31-32-30(35)29-15-14-28(37-29)20-36-27-12-10-25(11-13-27)34-22(2)6-7-23(34)3/h6-15,18-19H,4-5,16-17,20H2,1-3H3,(H,32,35)/b31-19+. The van der Waals surface area contributed by atoms with Gasteiger partial charge < -0.3 is 18.6 Å². The summed E-state index contributed by atoms with van der Waals surface area (Å²) >= 11 is 0. The number of anilines is 1. The van der Waals surface area contributed by atoms with E-state index in [1.807, 2.05) is 30.3 Å². The SMILES string of the molecule is Cc1cc(N2CCCC2)ccc1/C=N/NC(=O)c1ccc(COc2ccc(-n3c(C)ccc3C)cc2)o1. The lowest BCUT2D eigenvalue weighted by Gasteiger charge is -2.18. The van der Waals surface area contributed by atoms with Crippen LogP contribution in [0.5, 0.6) is 5.75 Å². The van der Waals surface area contributed by atoms with E-state index in [-0.39, 0.29) is 12.4 Å². The lowest BCUT2D eigenvalue weighted by molar-refractivity contribution is 0.0923. The highest BCUT2D eigenvalue weighted by molar-refractivity contribution is 5.92. The zero-order chi connectivity index (χ0) is 25.8. The number of carbonyl (C=O) groups is 1. The minimum Gasteiger partial charge on any atom is -0.486 e. The summed E-state index contributed by atoms with van der Waals surface area (Å²) in [6, 6.07) is 21.8. The molecule has 1 aliphatic rings. The highest BCUT2D eigenvalue weighted by Crippen LogP contribution is 2.23. The maximum absolute atomic E-state index is 12.5. The van der Waals surface area contributed by atoms with E-state index in [4.69, 9.17) is 9.15 Å². The summed E-state index contributed by atoms with van der Waals surface area (Å²) in [7, 11) is 0. The number of ether oxygens (including phenoxy) is 1. The summed E-state index contributed by atoms with van der Waals surface area (Å²) in [4.78, 5) is 14.9. The second kappa shape index (κ2) is 10.8. The van der Waals surface area contributed by atoms with Crippen LogP contribution in [0.25, 0.3) is 5.69 Å². The molecule has 0 aliphatic carbocycles. The van der Waals surface area contributed by atoms with Crippen molar-refractivity contribution in [3.05, 3.63) is 101 Å². The number of hydrazone groups is 1. The van der Waals surface area contributed by atoms with Gasteiger partial charge in [0, 0.05) is 35.9 Å². The molecule has 0 spiro atoms. The molecule has 2 aromatic heterocycles. The fourth-order valence-corrected chi connectivity index (χ4v) is 4.69. The molecule has 190 valence electrons. The molecule has 2 aromatic carbocycles. The van der Waals surface area contributed by atoms with Crippen molar-refractivity contribution in [1.29, 1.82) is 0 Å². The van der Waals surface area contributed by atoms with E-state index in [1.165, 1.54) is 29.9 Å². The predicted molar refractivity (Wildman–Crippen MR) is 146 cm³/mol. The summed E-state index contributed by atoms with van der Waals surface area (Å²) in [5, 5.41) is 4.12. The number of benzene rings is 2. The smallest absolute Gasteiger partial charge is 0.307 e. The molecule has 0 radical (unpaired) electrons. The van der Waals surface area contributed by atoms with Gasteiger partial charge in [0.25, 0.3) is 0 Å². The van der Waals surface area contributed by atoms with E-state index in [1.54, 1.807) is 18.3 Å². The van der Waals surface area contributed by atoms with Gasteiger partial charge in [-0.2, -0.15) is 5.10 Å². The maximum Gasteiger partial charge on any atom is 0.307 e. The summed E-state index contributed by atoms with van der Waals surface area (Å²) in [5.74, 6) is 1.06. The highest BCUT2D eigenvalue weighted by Gasteiger charge is 2.13. The van der Waals surface area contributed by atoms with Crippen molar-refractivity contribution < 1.29 is 13.9 Å². The van der Waals surface area contributed by atoms with Crippen LogP contribution < -0.4 is 15.1 Å². The molecule has 1 aliphatic heterocycles. The maximum atomic E-state index is 12.5. The van der Waals surface area contributed by atoms with Crippen molar-refractivity contribution in [2.45, 2.75) is 40.2 Å². The first kappa shape index (κ1) is 24.4. The minimum absolute atomic E-state index is 0.186. The molecule has 7 nitrogen and oxygen atoms in total. The Kier molecular flexibility index (Phi) is 7.12. The molecule has 1 fully saturated rings. The Hall–Kier alpha value is -4.26. The molecule has 4 aromatic rings. The second-order valence-corrected chi connectivity index (χ2v) is 9.43. The number of hydrogen-bond donors (Lipinski definition) is 1. The fourth-order valence-electron chi connectivity index (χ4n) is 4.69. The summed E-state index contributed by atoms with van der Waals surface area (Å²) < 4.78 is 13.7. The summed E-state index contributed by atoms with van der Waals surface area (Å²) in [5.41, 5.74) is 9.31. The van der Waals surface area contributed by atoms with E-state index in [2.05, 4.69) is 65.0 Å². The van der Waals surface area contributed by atoms with Crippen molar-refractivity contribution in [2.24, 2.45) is 5.10 Å². The van der Waals surface area contributed by atoms with E-state index in [0.29, 0.717) is 5.76 Å². The number of aromatic nitrogens is 1. The molecule has 0 bridgehead atoms. The van der Waals surface area contributed by atoms with Crippen LogP contribution in [0.1, 0.15) is 51.7 Å². The number of nitrogens with one attached hydrogen (secondary N) is 1. The second-order valence-electron chi connectivity index (χ2n) is 9.43. The van der Waals surface area contributed by atoms with Crippen molar-refractivity contribution in [1.82, 2.24) is 9.99 Å². The molecule has 0 atom stereocenters. The van der Waals surface area contributed by atoms with Gasteiger partial charge in [-0.25, -0.2) is 5.43 Å². The van der Waals surface area contributed by atoms with Crippen LogP contribution in [0.15, 0.2) is 76.2 Å². The van der Waals surface area contributed by atoms with Gasteiger partial charge in [0.2, 0.25) is 0 Å². The van der Waals surface area contributed by atoms with Crippen LogP contribution in [0.2, 0.25) is 0 Å². The number of amides is 1. The van der Waals surface area contributed by atoms with E-state index < -0.39 is 5.91 Å². The Morgan fingerprint density at radius 1 is 0.946 bits per heavy atom. The van der Waals surface area contributed by atoms with Crippen LogP contribution in [0.3, 0.4) is 0 Å². The number of nitrogens with zero attached hydrogens (tertiary/aromatic N) is 3. The van der Waals surface area contributed by atoms with Gasteiger partial charge in [0.1, 0.15) is 18.1 Å². The van der Waals surface area contributed by atoms with Gasteiger partial charge in [-0.05, 0) is 105 Å². The summed E-state index contributed by atoms with van der Waals surface area (Å²) in [6.45, 7) is 8.66. The number of aryl methyl sites for hydroxylation is 3. The van der Waals surface area contributed by atoms with Crippen LogP contribution in [0, 0.1) is 20.8 Å². The number of hydrogen-bond acceptors (Lipinski definition) is 5. The molecular formula is C30H32N4O3. The molecule has 0 saturated carbocycles. The third-order valence-corrected chi connectivity index (χ3v) is 6.73. The average molecular weight is 497 g/mol. The molecule has 0 unspecified atom stereocenters. The first-order chi connectivity index (χ1) is 18.0. The van der Waals surface area contributed by atoms with Crippen molar-refractivity contribution >= 4 is 17.8 Å². The monoisotopic (exact) mass is 496 g/mol. The van der Waals surface area contributed by atoms with Gasteiger partial charge in [0.05, 0.1) is 6.21 Å². The van der Waals surface area contributed by atoms with Gasteiger partial charge >= 0.3 is 5.91 Å². The van der Waals surface area contributed by atoms with Gasteiger partial charge in [-0.3, -0.25) is 4.79 Å². The Bertz CT molecular complexity index is 1390. The van der Waals surface area contributed by atoms with E-state index in [0.717, 1.165) is 35.7 Å². The Morgan fingerprint density at radius 3 is 2.35 bits per heavy atom. The van der Waals surface area contributed by atoms with Gasteiger partial charge in [-0.1, -0.05) is 6.07 Å². The van der Waals surface area contributed by atoms with E-state index >= 15 is 0 Å². The Labute approximate surface area is 217 Å². The molecule has 1 saturated heterocycles. The molecule has 3 heterocycles. The average Bonchev–Trinajstić information content (AvgIpc) is 3.66. The predicted octanol–water partition coefficient (Wildman–Crippen LogP) is 5.94. The van der Waals surface area contributed by atoms with Crippen molar-refractivity contribution in [2.75, 3.05) is 18.0 Å². The van der Waals surface area contributed by atoms with Crippen LogP contribution in [-0.4, -0.2) is 29.8 Å². The van der Waals surface area contributed by atoms with Crippen LogP contribution in [0.4, 0.5) is 5.69 Å². The lowest BCUT2D eigenvalue weighted by Crippen LogP contribution is -2.18. The molecular weight excluding hydrogens is 464 g/mol. The van der Waals surface area contributed by atoms with Crippen LogP contribution >= 0.6 is 0 Å². The zero-order valence-corrected chi connectivity index (χ0v) is 21.5. The lowest BCUT2D eigenvalue weighted by atomic mass is 10.1. The zero-order valence-electron chi connectivity index (χ0n) is 21.5. The Morgan fingerprint density at radius 2 is 1.65 bits per heavy atom.